The van der Waals surface area contributed by atoms with Crippen LogP contribution in [0.15, 0.2) is 17.0 Å². The molecule has 0 heterocycles. The molecular formula is C13H18Cl2N2O2S. The zero-order valence-corrected chi connectivity index (χ0v) is 13.8. The second kappa shape index (κ2) is 5.81. The fourth-order valence-electron chi connectivity index (χ4n) is 2.20. The number of rotatable bonds is 5. The summed E-state index contributed by atoms with van der Waals surface area (Å²) in [4.78, 5) is 0.0297. The largest absolute Gasteiger partial charge is 0.326 e. The molecule has 1 atom stereocenters. The Morgan fingerprint density at radius 3 is 2.50 bits per heavy atom. The van der Waals surface area contributed by atoms with Crippen LogP contribution in [0.5, 0.6) is 0 Å². The molecule has 1 aromatic carbocycles. The molecule has 1 aromatic rings. The number of sulfonamides is 1. The summed E-state index contributed by atoms with van der Waals surface area (Å²) in [7, 11) is -2.09. The molecule has 2 rings (SSSR count). The molecule has 1 unspecified atom stereocenters. The lowest BCUT2D eigenvalue weighted by Crippen LogP contribution is -2.36. The van der Waals surface area contributed by atoms with Crippen molar-refractivity contribution in [2.24, 2.45) is 11.7 Å². The van der Waals surface area contributed by atoms with Crippen LogP contribution in [0.1, 0.15) is 25.3 Å². The van der Waals surface area contributed by atoms with Crippen LogP contribution in [0, 0.1) is 5.92 Å². The summed E-state index contributed by atoms with van der Waals surface area (Å²) < 4.78 is 26.8. The van der Waals surface area contributed by atoms with Gasteiger partial charge >= 0.3 is 0 Å². The highest BCUT2D eigenvalue weighted by Gasteiger charge is 2.37. The number of halogens is 2. The molecule has 20 heavy (non-hydrogen) atoms. The highest BCUT2D eigenvalue weighted by atomic mass is 35.5. The summed E-state index contributed by atoms with van der Waals surface area (Å²) in [6, 6.07) is 2.93. The van der Waals surface area contributed by atoms with Crippen molar-refractivity contribution in [2.45, 2.75) is 37.2 Å². The Morgan fingerprint density at radius 2 is 2.00 bits per heavy atom. The van der Waals surface area contributed by atoms with E-state index < -0.39 is 10.0 Å². The summed E-state index contributed by atoms with van der Waals surface area (Å²) in [6.07, 6.45) is 2.14. The first-order valence-corrected chi connectivity index (χ1v) is 8.64. The van der Waals surface area contributed by atoms with E-state index in [-0.39, 0.29) is 22.5 Å². The van der Waals surface area contributed by atoms with E-state index in [4.69, 9.17) is 28.9 Å². The van der Waals surface area contributed by atoms with Gasteiger partial charge in [0.1, 0.15) is 4.90 Å². The van der Waals surface area contributed by atoms with Crippen molar-refractivity contribution >= 4 is 33.2 Å². The number of hydrogen-bond acceptors (Lipinski definition) is 3. The molecule has 112 valence electrons. The Labute approximate surface area is 129 Å². The van der Waals surface area contributed by atoms with Gasteiger partial charge < -0.3 is 5.73 Å². The Kier molecular flexibility index (Phi) is 4.66. The van der Waals surface area contributed by atoms with Gasteiger partial charge in [-0.15, -0.1) is 0 Å². The average molecular weight is 337 g/mol. The van der Waals surface area contributed by atoms with Gasteiger partial charge in [0.15, 0.2) is 0 Å². The summed E-state index contributed by atoms with van der Waals surface area (Å²) in [5.74, 6) is 0.432. The maximum Gasteiger partial charge on any atom is 0.244 e. The summed E-state index contributed by atoms with van der Waals surface area (Å²) in [5, 5.41) is 0.479. The topological polar surface area (TPSA) is 63.4 Å². The molecule has 0 saturated heterocycles. The van der Waals surface area contributed by atoms with E-state index in [1.165, 1.54) is 10.4 Å². The van der Waals surface area contributed by atoms with Gasteiger partial charge in [-0.3, -0.25) is 0 Å². The van der Waals surface area contributed by atoms with Crippen molar-refractivity contribution < 1.29 is 8.42 Å². The van der Waals surface area contributed by atoms with E-state index in [1.807, 2.05) is 6.92 Å². The van der Waals surface area contributed by atoms with Crippen LogP contribution in [0.2, 0.25) is 10.0 Å². The van der Waals surface area contributed by atoms with Crippen molar-refractivity contribution in [3.8, 4) is 0 Å². The molecule has 0 aromatic heterocycles. The number of nitrogens with two attached hydrogens (primary N) is 1. The molecule has 0 spiro atoms. The Morgan fingerprint density at radius 1 is 1.40 bits per heavy atom. The lowest BCUT2D eigenvalue weighted by molar-refractivity contribution is 0.357. The van der Waals surface area contributed by atoms with Crippen LogP contribution in [0.25, 0.3) is 0 Å². The highest BCUT2D eigenvalue weighted by Crippen LogP contribution is 2.38. The maximum atomic E-state index is 12.7. The molecule has 0 amide bonds. The zero-order valence-electron chi connectivity index (χ0n) is 11.4. The Bertz CT molecular complexity index is 615. The van der Waals surface area contributed by atoms with Crippen molar-refractivity contribution in [2.75, 3.05) is 7.05 Å². The number of nitrogens with zero attached hydrogens (tertiary/aromatic N) is 1. The third-order valence-electron chi connectivity index (χ3n) is 3.83. The van der Waals surface area contributed by atoms with Crippen LogP contribution < -0.4 is 5.73 Å². The minimum Gasteiger partial charge on any atom is -0.326 e. The lowest BCUT2D eigenvalue weighted by Gasteiger charge is -2.25. The van der Waals surface area contributed by atoms with E-state index in [9.17, 15) is 8.42 Å². The summed E-state index contributed by atoms with van der Waals surface area (Å²) >= 11 is 12.1. The molecule has 1 aliphatic rings. The van der Waals surface area contributed by atoms with Crippen molar-refractivity contribution in [1.29, 1.82) is 0 Å². The highest BCUT2D eigenvalue weighted by molar-refractivity contribution is 7.89. The molecule has 7 heteroatoms. The molecule has 1 fully saturated rings. The molecule has 0 bridgehead atoms. The molecular weight excluding hydrogens is 319 g/mol. The third kappa shape index (κ3) is 2.97. The van der Waals surface area contributed by atoms with Gasteiger partial charge in [0.25, 0.3) is 0 Å². The van der Waals surface area contributed by atoms with E-state index in [0.717, 1.165) is 12.8 Å². The van der Waals surface area contributed by atoms with Crippen molar-refractivity contribution in [3.05, 3.63) is 27.7 Å². The van der Waals surface area contributed by atoms with Crippen LogP contribution in [0.3, 0.4) is 0 Å². The molecule has 2 N–H and O–H groups in total. The fourth-order valence-corrected chi connectivity index (χ4v) is 4.54. The molecule has 1 aliphatic carbocycles. The second-order valence-electron chi connectivity index (χ2n) is 5.18. The molecule has 1 saturated carbocycles. The minimum absolute atomic E-state index is 0.0297. The van der Waals surface area contributed by atoms with Crippen LogP contribution in [-0.2, 0) is 16.6 Å². The van der Waals surface area contributed by atoms with Gasteiger partial charge in [-0.05, 0) is 43.4 Å². The molecule has 4 nitrogen and oxygen atoms in total. The Balaban J connectivity index is 2.45. The van der Waals surface area contributed by atoms with Gasteiger partial charge in [0.05, 0.1) is 5.02 Å². The van der Waals surface area contributed by atoms with E-state index in [2.05, 4.69) is 0 Å². The van der Waals surface area contributed by atoms with Gasteiger partial charge in [0, 0.05) is 24.7 Å². The van der Waals surface area contributed by atoms with Crippen LogP contribution in [-0.4, -0.2) is 25.8 Å². The maximum absolute atomic E-state index is 12.7. The first kappa shape index (κ1) is 16.0. The van der Waals surface area contributed by atoms with Gasteiger partial charge in [-0.25, -0.2) is 8.42 Å². The monoisotopic (exact) mass is 336 g/mol. The normalized spacial score (nSPS) is 17.5. The predicted octanol–water partition coefficient (Wildman–Crippen LogP) is 2.87. The first-order chi connectivity index (χ1) is 9.28. The van der Waals surface area contributed by atoms with Gasteiger partial charge in [-0.1, -0.05) is 23.2 Å². The second-order valence-corrected chi connectivity index (χ2v) is 7.96. The molecule has 0 aliphatic heterocycles. The summed E-state index contributed by atoms with van der Waals surface area (Å²) in [6.45, 7) is 2.06. The number of benzene rings is 1. The van der Waals surface area contributed by atoms with Gasteiger partial charge in [-0.2, -0.15) is 4.31 Å². The van der Waals surface area contributed by atoms with Crippen molar-refractivity contribution in [3.63, 3.8) is 0 Å². The molecule has 0 radical (unpaired) electrons. The van der Waals surface area contributed by atoms with Gasteiger partial charge in [0.2, 0.25) is 10.0 Å². The standard InChI is InChI=1S/C13H18Cl2N2O2S/c1-8(9-3-4-9)17(2)20(18,19)12-6-11(14)5-10(7-16)13(12)15/h5-6,8-9H,3-4,7,16H2,1-2H3. The minimum atomic E-state index is -3.67. The van der Waals surface area contributed by atoms with E-state index >= 15 is 0 Å². The quantitative estimate of drug-likeness (QED) is 0.899. The predicted molar refractivity (Wildman–Crippen MR) is 81.5 cm³/mol. The Hall–Kier alpha value is -0.330. The summed E-state index contributed by atoms with van der Waals surface area (Å²) in [5.41, 5.74) is 6.11. The average Bonchev–Trinajstić information content (AvgIpc) is 3.23. The first-order valence-electron chi connectivity index (χ1n) is 6.45. The zero-order chi connectivity index (χ0) is 15.1. The van der Waals surface area contributed by atoms with E-state index in [0.29, 0.717) is 16.5 Å². The van der Waals surface area contributed by atoms with Crippen molar-refractivity contribution in [1.82, 2.24) is 4.31 Å². The third-order valence-corrected chi connectivity index (χ3v) is 6.58. The lowest BCUT2D eigenvalue weighted by atomic mass is 10.2. The van der Waals surface area contributed by atoms with Crippen LogP contribution >= 0.6 is 23.2 Å². The smallest absolute Gasteiger partial charge is 0.244 e. The fraction of sp³-hybridized carbons (Fsp3) is 0.538. The SMILES string of the molecule is CC(C1CC1)N(C)S(=O)(=O)c1cc(Cl)cc(CN)c1Cl. The number of hydrogen-bond donors (Lipinski definition) is 1. The van der Waals surface area contributed by atoms with Crippen LogP contribution in [0.4, 0.5) is 0 Å². The van der Waals surface area contributed by atoms with E-state index in [1.54, 1.807) is 13.1 Å².